The van der Waals surface area contributed by atoms with Crippen molar-refractivity contribution in [2.24, 2.45) is 13.0 Å². The van der Waals surface area contributed by atoms with Crippen LogP contribution in [0.1, 0.15) is 44.9 Å². The molecule has 0 atom stereocenters. The first-order valence-electron chi connectivity index (χ1n) is 9.21. The second-order valence-electron chi connectivity index (χ2n) is 7.11. The highest BCUT2D eigenvalue weighted by molar-refractivity contribution is 6.06. The van der Waals surface area contributed by atoms with Gasteiger partial charge in [-0.05, 0) is 51.0 Å². The van der Waals surface area contributed by atoms with E-state index in [1.165, 1.54) is 0 Å². The molecule has 1 aliphatic rings. The number of benzene rings is 1. The Balaban J connectivity index is 1.64. The molecule has 2 N–H and O–H groups in total. The predicted molar refractivity (Wildman–Crippen MR) is 103 cm³/mol. The maximum atomic E-state index is 12.6. The highest BCUT2D eigenvalue weighted by atomic mass is 16.4. The van der Waals surface area contributed by atoms with E-state index in [1.54, 1.807) is 47.8 Å². The second kappa shape index (κ2) is 7.84. The zero-order valence-electron chi connectivity index (χ0n) is 16.2. The molecule has 1 aliphatic heterocycles. The van der Waals surface area contributed by atoms with Crippen LogP contribution >= 0.6 is 0 Å². The lowest BCUT2D eigenvalue weighted by molar-refractivity contribution is -0.143. The number of carbonyl (C=O) groups is 3. The Kier molecular flexibility index (Phi) is 5.48. The Morgan fingerprint density at radius 3 is 2.21 bits per heavy atom. The first kappa shape index (κ1) is 19.6. The summed E-state index contributed by atoms with van der Waals surface area (Å²) in [6.07, 6.45) is 0.943. The number of aryl methyl sites for hydroxylation is 2. The third-order valence-electron chi connectivity index (χ3n) is 5.26. The molecule has 1 aromatic heterocycles. The van der Waals surface area contributed by atoms with Gasteiger partial charge in [0.1, 0.15) is 0 Å². The van der Waals surface area contributed by atoms with Gasteiger partial charge in [0.15, 0.2) is 0 Å². The molecule has 1 aromatic carbocycles. The van der Waals surface area contributed by atoms with Gasteiger partial charge < -0.3 is 15.3 Å². The number of likely N-dealkylation sites (tertiary alicyclic amines) is 1. The lowest BCUT2D eigenvalue weighted by Gasteiger charge is -2.30. The van der Waals surface area contributed by atoms with Crippen LogP contribution in [-0.2, 0) is 11.8 Å². The molecule has 8 heteroatoms. The van der Waals surface area contributed by atoms with Crippen molar-refractivity contribution in [3.8, 4) is 0 Å². The maximum absolute atomic E-state index is 12.6. The fourth-order valence-corrected chi connectivity index (χ4v) is 3.50. The normalized spacial score (nSPS) is 14.8. The monoisotopic (exact) mass is 384 g/mol. The number of rotatable bonds is 4. The largest absolute Gasteiger partial charge is 0.481 e. The van der Waals surface area contributed by atoms with E-state index in [1.807, 2.05) is 6.92 Å². The summed E-state index contributed by atoms with van der Waals surface area (Å²) < 4.78 is 1.67. The van der Waals surface area contributed by atoms with E-state index in [9.17, 15) is 14.4 Å². The summed E-state index contributed by atoms with van der Waals surface area (Å²) in [5.41, 5.74) is 3.10. The van der Waals surface area contributed by atoms with Crippen molar-refractivity contribution in [3.63, 3.8) is 0 Å². The minimum atomic E-state index is -0.800. The molecule has 2 amide bonds. The standard InChI is InChI=1S/C20H24N4O4/c1-12-17(13(2)23(3)22-12)18(25)21-16-6-4-14(5-7-16)19(26)24-10-8-15(9-11-24)20(27)28/h4-7,15H,8-11H2,1-3H3,(H,21,25)(H,27,28). The number of carboxylic acid groups (broad SMARTS) is 1. The lowest BCUT2D eigenvalue weighted by Crippen LogP contribution is -2.40. The van der Waals surface area contributed by atoms with Crippen LogP contribution in [0.25, 0.3) is 0 Å². The first-order valence-corrected chi connectivity index (χ1v) is 9.21. The van der Waals surface area contributed by atoms with Crippen molar-refractivity contribution in [1.29, 1.82) is 0 Å². The van der Waals surface area contributed by atoms with Gasteiger partial charge in [0, 0.05) is 37.1 Å². The van der Waals surface area contributed by atoms with Crippen LogP contribution in [0, 0.1) is 19.8 Å². The molecule has 1 fully saturated rings. The second-order valence-corrected chi connectivity index (χ2v) is 7.11. The van der Waals surface area contributed by atoms with Crippen molar-refractivity contribution in [2.45, 2.75) is 26.7 Å². The molecule has 1 saturated heterocycles. The number of aliphatic carboxylic acids is 1. The minimum Gasteiger partial charge on any atom is -0.481 e. The van der Waals surface area contributed by atoms with E-state index in [2.05, 4.69) is 10.4 Å². The van der Waals surface area contributed by atoms with Gasteiger partial charge in [0.05, 0.1) is 17.2 Å². The van der Waals surface area contributed by atoms with Crippen molar-refractivity contribution in [3.05, 3.63) is 46.8 Å². The number of nitrogens with one attached hydrogen (secondary N) is 1. The molecule has 0 aliphatic carbocycles. The molecule has 0 radical (unpaired) electrons. The van der Waals surface area contributed by atoms with E-state index in [0.29, 0.717) is 48.4 Å². The molecule has 2 aromatic rings. The summed E-state index contributed by atoms with van der Waals surface area (Å²) in [5, 5.41) is 16.1. The van der Waals surface area contributed by atoms with E-state index >= 15 is 0 Å². The average Bonchev–Trinajstić information content (AvgIpc) is 2.93. The van der Waals surface area contributed by atoms with Crippen LogP contribution in [0.3, 0.4) is 0 Å². The minimum absolute atomic E-state index is 0.124. The lowest BCUT2D eigenvalue weighted by atomic mass is 9.96. The fourth-order valence-electron chi connectivity index (χ4n) is 3.50. The van der Waals surface area contributed by atoms with Gasteiger partial charge in [-0.25, -0.2) is 0 Å². The number of carbonyl (C=O) groups excluding carboxylic acids is 2. The number of nitrogens with zero attached hydrogens (tertiary/aromatic N) is 3. The molecule has 28 heavy (non-hydrogen) atoms. The first-order chi connectivity index (χ1) is 13.3. The Labute approximate surface area is 163 Å². The van der Waals surface area contributed by atoms with Crippen molar-refractivity contribution in [1.82, 2.24) is 14.7 Å². The van der Waals surface area contributed by atoms with Crippen LogP contribution in [0.2, 0.25) is 0 Å². The van der Waals surface area contributed by atoms with Crippen LogP contribution < -0.4 is 5.32 Å². The topological polar surface area (TPSA) is 105 Å². The van der Waals surface area contributed by atoms with Gasteiger partial charge in [-0.3, -0.25) is 19.1 Å². The summed E-state index contributed by atoms with van der Waals surface area (Å²) in [6, 6.07) is 6.72. The number of piperidine rings is 1. The van der Waals surface area contributed by atoms with Gasteiger partial charge >= 0.3 is 5.97 Å². The van der Waals surface area contributed by atoms with E-state index in [0.717, 1.165) is 5.69 Å². The van der Waals surface area contributed by atoms with Crippen LogP contribution in [0.15, 0.2) is 24.3 Å². The quantitative estimate of drug-likeness (QED) is 0.841. The maximum Gasteiger partial charge on any atom is 0.306 e. The van der Waals surface area contributed by atoms with Crippen molar-refractivity contribution in [2.75, 3.05) is 18.4 Å². The summed E-state index contributed by atoms with van der Waals surface area (Å²) >= 11 is 0. The van der Waals surface area contributed by atoms with Gasteiger partial charge in [-0.2, -0.15) is 5.10 Å². The average molecular weight is 384 g/mol. The Hall–Kier alpha value is -3.16. The number of anilines is 1. The molecular formula is C20H24N4O4. The zero-order chi connectivity index (χ0) is 20.4. The molecule has 2 heterocycles. The summed E-state index contributed by atoms with van der Waals surface area (Å²) in [4.78, 5) is 37.8. The number of hydrogen-bond acceptors (Lipinski definition) is 4. The number of carboxylic acids is 1. The predicted octanol–water partition coefficient (Wildman–Crippen LogP) is 2.23. The van der Waals surface area contributed by atoms with E-state index < -0.39 is 5.97 Å². The highest BCUT2D eigenvalue weighted by Crippen LogP contribution is 2.21. The Morgan fingerprint density at radius 2 is 1.71 bits per heavy atom. The van der Waals surface area contributed by atoms with Crippen molar-refractivity contribution < 1.29 is 19.5 Å². The summed E-state index contributed by atoms with van der Waals surface area (Å²) in [7, 11) is 1.79. The smallest absolute Gasteiger partial charge is 0.306 e. The third kappa shape index (κ3) is 3.90. The number of hydrogen-bond donors (Lipinski definition) is 2. The SMILES string of the molecule is Cc1nn(C)c(C)c1C(=O)Nc1ccc(C(=O)N2CCC(C(=O)O)CC2)cc1. The van der Waals surface area contributed by atoms with Crippen LogP contribution in [-0.4, -0.2) is 50.7 Å². The Morgan fingerprint density at radius 1 is 1.11 bits per heavy atom. The van der Waals surface area contributed by atoms with Crippen LogP contribution in [0.4, 0.5) is 5.69 Å². The molecule has 0 spiro atoms. The van der Waals surface area contributed by atoms with E-state index in [-0.39, 0.29) is 17.7 Å². The third-order valence-corrected chi connectivity index (χ3v) is 5.26. The molecule has 3 rings (SSSR count). The zero-order valence-corrected chi connectivity index (χ0v) is 16.2. The molecule has 0 bridgehead atoms. The molecule has 8 nitrogen and oxygen atoms in total. The number of aromatic nitrogens is 2. The fraction of sp³-hybridized carbons (Fsp3) is 0.400. The van der Waals surface area contributed by atoms with Gasteiger partial charge in [-0.15, -0.1) is 0 Å². The van der Waals surface area contributed by atoms with Crippen LogP contribution in [0.5, 0.6) is 0 Å². The van der Waals surface area contributed by atoms with Gasteiger partial charge in [-0.1, -0.05) is 0 Å². The van der Waals surface area contributed by atoms with Crippen molar-refractivity contribution >= 4 is 23.5 Å². The molecular weight excluding hydrogens is 360 g/mol. The molecule has 0 unspecified atom stereocenters. The summed E-state index contributed by atoms with van der Waals surface area (Å²) in [5.74, 6) is -1.54. The van der Waals surface area contributed by atoms with E-state index in [4.69, 9.17) is 5.11 Å². The van der Waals surface area contributed by atoms with Gasteiger partial charge in [0.2, 0.25) is 0 Å². The molecule has 148 valence electrons. The molecule has 0 saturated carbocycles. The highest BCUT2D eigenvalue weighted by Gasteiger charge is 2.27. The van der Waals surface area contributed by atoms with Gasteiger partial charge in [0.25, 0.3) is 11.8 Å². The summed E-state index contributed by atoms with van der Waals surface area (Å²) in [6.45, 7) is 4.50. The number of amides is 2. The Bertz CT molecular complexity index is 909.